The number of hydrogen-bond acceptors (Lipinski definition) is 31. The molecule has 2 amide bonds. The number of ketones is 1. The number of carbonyl (C=O) groups excluding carboxylic acids is 4. The van der Waals surface area contributed by atoms with Gasteiger partial charge in [-0.3, -0.25) is 14.6 Å². The molecule has 2 unspecified atom stereocenters. The number of hydrogen-bond donors (Lipinski definition) is 10. The molecule has 0 aliphatic carbocycles. The maximum absolute atomic E-state index is 12.8. The van der Waals surface area contributed by atoms with Gasteiger partial charge in [0.25, 0.3) is 0 Å². The van der Waals surface area contributed by atoms with Gasteiger partial charge in [0.05, 0.1) is 30.4 Å². The van der Waals surface area contributed by atoms with Crippen LogP contribution in [-0.4, -0.2) is 266 Å². The fourth-order valence-corrected chi connectivity index (χ4v) is 11.7. The minimum absolute atomic E-state index is 0. The number of alkyl halides is 9. The summed E-state index contributed by atoms with van der Waals surface area (Å²) in [6.07, 6.45) is -14.7. The number of esters is 1. The minimum atomic E-state index is -4.58. The molecule has 6 aromatic carbocycles. The highest BCUT2D eigenvalue weighted by Gasteiger charge is 2.34. The first-order chi connectivity index (χ1) is 60.8. The van der Waals surface area contributed by atoms with E-state index in [9.17, 15) is 89.0 Å². The number of aromatic hydroxyl groups is 3. The summed E-state index contributed by atoms with van der Waals surface area (Å²) in [5.41, 5.74) is 9.44. The number of ether oxygens (including phenoxy) is 6. The Morgan fingerprint density at radius 2 is 0.746 bits per heavy atom. The molecule has 0 saturated carbocycles. The highest BCUT2D eigenvalue weighted by Crippen LogP contribution is 2.26. The SMILES string of the molecule is C.CC(C)(C)OC(=O)N1CCN(CC(O)CN)CC1.COC(=O)c1ccc(Cc2nc(NCc3ccc(O)cc3)nc(OCC(F)(F)F)n2)cc1.O=C(O)c1ccc(Cc2nc(NCc3ccc(O)cc3)nc(OCC(F)(F)F)n2)cc1.[CH2+]C(C)(C)OC(=O)N1CCN(CC(O)CCC(=O)c2ccc(Cc3nc(NCc4ccc(O)cc4)nc(OCC(F)(F)F)n3)cc2)CC1. The van der Waals surface area contributed by atoms with E-state index in [4.69, 9.17) is 29.8 Å². The Balaban J connectivity index is 0.000000249. The molecule has 5 heterocycles. The zero-order valence-corrected chi connectivity index (χ0v) is 71.2. The summed E-state index contributed by atoms with van der Waals surface area (Å²) in [4.78, 5) is 103. The van der Waals surface area contributed by atoms with Crippen LogP contribution >= 0.6 is 0 Å². The summed E-state index contributed by atoms with van der Waals surface area (Å²) in [7, 11) is 1.27. The number of methoxy groups -OCH3 is 1. The highest BCUT2D eigenvalue weighted by molar-refractivity contribution is 5.96. The van der Waals surface area contributed by atoms with Crippen LogP contribution in [0.3, 0.4) is 0 Å². The lowest BCUT2D eigenvalue weighted by Gasteiger charge is -2.36. The van der Waals surface area contributed by atoms with E-state index in [2.05, 4.69) is 82.1 Å². The van der Waals surface area contributed by atoms with Crippen molar-refractivity contribution in [2.75, 3.05) is 115 Å². The average Bonchev–Trinajstić information content (AvgIpc) is 0.849. The van der Waals surface area contributed by atoms with Gasteiger partial charge in [0.1, 0.15) is 47.2 Å². The molecule has 2 saturated heterocycles. The molecule has 3 aromatic heterocycles. The maximum atomic E-state index is 12.8. The van der Waals surface area contributed by atoms with Crippen molar-refractivity contribution in [3.8, 4) is 35.3 Å². The number of nitrogens with one attached hydrogen (secondary N) is 3. The fraction of sp³-hybridized carbons (Fsp3) is 0.414. The van der Waals surface area contributed by atoms with E-state index in [1.54, 1.807) is 121 Å². The van der Waals surface area contributed by atoms with Gasteiger partial charge in [-0.1, -0.05) is 92.4 Å². The van der Waals surface area contributed by atoms with Gasteiger partial charge in [0.2, 0.25) is 23.4 Å². The summed E-state index contributed by atoms with van der Waals surface area (Å²) in [5.74, 6) is -0.872. The van der Waals surface area contributed by atoms with Gasteiger partial charge in [0, 0.05) is 137 Å². The Morgan fingerprint density at radius 3 is 1.05 bits per heavy atom. The summed E-state index contributed by atoms with van der Waals surface area (Å²) in [6, 6.07) is 36.7. The Hall–Kier alpha value is -13.3. The van der Waals surface area contributed by atoms with Gasteiger partial charge in [-0.25, -0.2) is 19.2 Å². The van der Waals surface area contributed by atoms with E-state index in [1.807, 2.05) is 25.7 Å². The second kappa shape index (κ2) is 48.8. The number of carbonyl (C=O) groups is 5. The molecule has 0 radical (unpaired) electrons. The Kier molecular flexibility index (Phi) is 39.0. The number of Topliss-reactive ketones (excluding diaryl/α,β-unsaturated/α-hetero) is 1. The number of aromatic carboxylic acids is 1. The first kappa shape index (κ1) is 104. The summed E-state index contributed by atoms with van der Waals surface area (Å²) in [6.45, 7) is 14.9. The number of piperazine rings is 2. The van der Waals surface area contributed by atoms with Crippen LogP contribution in [-0.2, 0) is 53.1 Å². The third-order valence-electron chi connectivity index (χ3n) is 18.1. The first-order valence-corrected chi connectivity index (χ1v) is 40.2. The molecule has 130 heavy (non-hydrogen) atoms. The van der Waals surface area contributed by atoms with Crippen LogP contribution in [0.4, 0.5) is 66.9 Å². The monoisotopic (exact) mass is 1830 g/mol. The lowest BCUT2D eigenvalue weighted by Crippen LogP contribution is -2.52. The first-order valence-electron chi connectivity index (χ1n) is 40.2. The molecule has 2 aliphatic heterocycles. The van der Waals surface area contributed by atoms with Crippen LogP contribution in [0.1, 0.15) is 137 Å². The minimum Gasteiger partial charge on any atom is -0.508 e. The maximum Gasteiger partial charge on any atom is 0.422 e. The molecule has 0 spiro atoms. The number of carboxylic acid groups (broad SMARTS) is 1. The van der Waals surface area contributed by atoms with E-state index < -0.39 is 97.8 Å². The van der Waals surface area contributed by atoms with Crippen molar-refractivity contribution >= 4 is 47.8 Å². The molecule has 702 valence electrons. The average molecular weight is 1830 g/mol. The second-order valence-electron chi connectivity index (χ2n) is 31.0. The van der Waals surface area contributed by atoms with Crippen molar-refractivity contribution in [2.45, 2.75) is 136 Å². The largest absolute Gasteiger partial charge is 0.508 e. The number of amides is 2. The lowest BCUT2D eigenvalue weighted by atomic mass is 10.0. The van der Waals surface area contributed by atoms with Gasteiger partial charge < -0.3 is 90.5 Å². The molecule has 2 fully saturated rings. The van der Waals surface area contributed by atoms with Crippen LogP contribution in [0.2, 0.25) is 0 Å². The molecule has 0 bridgehead atoms. The van der Waals surface area contributed by atoms with Crippen molar-refractivity contribution in [3.63, 3.8) is 0 Å². The van der Waals surface area contributed by atoms with E-state index in [-0.39, 0.29) is 136 Å². The standard InChI is InChI=1S/C33H39F3N6O6.C21H19F3N4O4.C20H17F3N4O4.C12H25N3O3.CH4/c1-32(2,3)48-31(46)42-16-14-41(15-17-42)20-26(44)12-13-27(45)24-8-4-22(5-9-24)18-28-38-29(37-19-23-6-10-25(43)11-7-23)40-30(39-28)47-21-33(34,35)36;1-31-18(30)15-6-2-13(3-7-15)10-17-26-19(25-11-14-4-8-16(29)9-5-14)28-20(27-17)32-12-21(22,23)24;21-20(22,23)11-31-19-26-16(9-12-1-5-14(6-2-12)17(29)30)25-18(27-19)24-10-13-3-7-15(28)8-4-13;1-12(2,3)18-11(17)15-6-4-14(5-7-15)9-10(16)8-13;/h4-11,26,44H,1,12-21H2,2-3H3,(H-,37,38,39,40,43);2-9,29H,10-12H2,1H3,(H,25,26,27,28);1-8,28H,9-11H2,(H,29,30)(H,24,25,26,27);10,16H,4-9,13H2,1-3H3;1H4/p+1. The Bertz CT molecular complexity index is 5050. The summed E-state index contributed by atoms with van der Waals surface area (Å²) in [5, 5.41) is 65.9. The zero-order chi connectivity index (χ0) is 94.2. The molecular formula is C87H105F9N17O17+. The molecule has 34 nitrogen and oxygen atoms in total. The van der Waals surface area contributed by atoms with Crippen molar-refractivity contribution in [3.05, 3.63) is 220 Å². The van der Waals surface area contributed by atoms with Gasteiger partial charge in [-0.15, -0.1) is 0 Å². The Labute approximate surface area is 743 Å². The molecule has 11 N–H and O–H groups in total. The van der Waals surface area contributed by atoms with Crippen LogP contribution in [0.15, 0.2) is 146 Å². The highest BCUT2D eigenvalue weighted by atomic mass is 19.4. The molecular weight excluding hydrogens is 1730 g/mol. The predicted octanol–water partition coefficient (Wildman–Crippen LogP) is 11.8. The molecule has 43 heteroatoms. The van der Waals surface area contributed by atoms with Gasteiger partial charge in [-0.05, 0) is 121 Å². The quantitative estimate of drug-likeness (QED) is 0.00600. The van der Waals surface area contributed by atoms with Crippen LogP contribution < -0.4 is 35.9 Å². The number of phenols is 3. The molecule has 2 atom stereocenters. The second-order valence-corrected chi connectivity index (χ2v) is 31.0. The topological polar surface area (TPSA) is 453 Å². The van der Waals surface area contributed by atoms with E-state index in [1.165, 1.54) is 55.6 Å². The van der Waals surface area contributed by atoms with E-state index in [0.717, 1.165) is 35.3 Å². The number of aliphatic hydroxyl groups excluding tert-OH is 2. The molecule has 2 aliphatic rings. The van der Waals surface area contributed by atoms with E-state index in [0.29, 0.717) is 74.6 Å². The number of halogens is 9. The van der Waals surface area contributed by atoms with Crippen LogP contribution in [0.5, 0.6) is 35.3 Å². The third kappa shape index (κ3) is 39.1. The van der Waals surface area contributed by atoms with Crippen molar-refractivity contribution in [2.24, 2.45) is 5.73 Å². The number of aromatic nitrogens is 9. The van der Waals surface area contributed by atoms with Gasteiger partial charge >= 0.3 is 60.7 Å². The number of rotatable bonds is 33. The molecule has 11 rings (SSSR count). The predicted molar refractivity (Wildman–Crippen MR) is 456 cm³/mol. The van der Waals surface area contributed by atoms with Crippen LogP contribution in [0.25, 0.3) is 0 Å². The number of benzene rings is 6. The molecule has 9 aromatic rings. The van der Waals surface area contributed by atoms with Crippen molar-refractivity contribution in [1.82, 2.24) is 64.5 Å². The third-order valence-corrected chi connectivity index (χ3v) is 18.1. The lowest BCUT2D eigenvalue weighted by molar-refractivity contribution is -0.155. The number of aliphatic hydroxyl groups is 2. The zero-order valence-electron chi connectivity index (χ0n) is 71.2. The van der Waals surface area contributed by atoms with Crippen molar-refractivity contribution in [1.29, 1.82) is 0 Å². The van der Waals surface area contributed by atoms with Crippen molar-refractivity contribution < 1.29 is 123 Å². The smallest absolute Gasteiger partial charge is 0.422 e. The van der Waals surface area contributed by atoms with Gasteiger partial charge in [0.15, 0.2) is 25.6 Å². The number of β-amino-alcohol motifs (C(OH)–C–C–N with tert-alkyl or cyclic N) is 2. The summed E-state index contributed by atoms with van der Waals surface area (Å²) >= 11 is 0. The fourth-order valence-electron chi connectivity index (χ4n) is 11.7. The van der Waals surface area contributed by atoms with E-state index >= 15 is 0 Å². The summed E-state index contributed by atoms with van der Waals surface area (Å²) < 4.78 is 143. The van der Waals surface area contributed by atoms with Gasteiger partial charge in [-0.2, -0.15) is 84.4 Å². The Morgan fingerprint density at radius 1 is 0.438 bits per heavy atom. The number of phenolic OH excluding ortho intramolecular Hbond substituents is 3. The number of nitrogens with zero attached hydrogens (tertiary/aromatic N) is 13. The number of carboxylic acids is 1. The normalized spacial score (nSPS) is 13.6. The number of nitrogens with two attached hydrogens (primary N) is 1. The number of anilines is 3. The van der Waals surface area contributed by atoms with Crippen LogP contribution in [0, 0.1) is 6.92 Å².